The Kier molecular flexibility index (Phi) is 5.86. The van der Waals surface area contributed by atoms with Gasteiger partial charge in [0.25, 0.3) is 0 Å². The first-order valence-corrected chi connectivity index (χ1v) is 7.61. The molecule has 140 valence electrons. The molecule has 0 spiro atoms. The molecular weight excluding hydrogens is 336 g/mol. The number of ketones is 1. The van der Waals surface area contributed by atoms with Gasteiger partial charge in [0.2, 0.25) is 6.29 Å². The Morgan fingerprint density at radius 1 is 1.20 bits per heavy atom. The summed E-state index contributed by atoms with van der Waals surface area (Å²) in [6.45, 7) is 2.16. The molecule has 1 aliphatic heterocycles. The van der Waals surface area contributed by atoms with E-state index < -0.39 is 43.1 Å². The van der Waals surface area contributed by atoms with Crippen LogP contribution in [-0.4, -0.2) is 75.7 Å². The van der Waals surface area contributed by atoms with Crippen LogP contribution in [0.25, 0.3) is 0 Å². The average Bonchev–Trinajstić information content (AvgIpc) is 2.58. The quantitative estimate of drug-likeness (QED) is 0.422. The summed E-state index contributed by atoms with van der Waals surface area (Å²) >= 11 is 0. The minimum Gasteiger partial charge on any atom is -0.507 e. The summed E-state index contributed by atoms with van der Waals surface area (Å²) in [6, 6.07) is 1.34. The predicted octanol–water partition coefficient (Wildman–Crippen LogP) is -0.909. The van der Waals surface area contributed by atoms with Gasteiger partial charge in [0.15, 0.2) is 5.78 Å². The first-order valence-electron chi connectivity index (χ1n) is 7.61. The van der Waals surface area contributed by atoms with E-state index in [1.165, 1.54) is 27.0 Å². The fourth-order valence-corrected chi connectivity index (χ4v) is 2.63. The van der Waals surface area contributed by atoms with E-state index in [0.29, 0.717) is 0 Å². The summed E-state index contributed by atoms with van der Waals surface area (Å²) in [4.78, 5) is 11.7. The summed E-state index contributed by atoms with van der Waals surface area (Å²) in [6.07, 6.45) is -7.25. The van der Waals surface area contributed by atoms with Crippen LogP contribution >= 0.6 is 0 Å². The second kappa shape index (κ2) is 7.54. The third-order valence-corrected chi connectivity index (χ3v) is 4.13. The summed E-state index contributed by atoms with van der Waals surface area (Å²) in [5, 5.41) is 49.0. The number of hydrogen-bond donors (Lipinski definition) is 5. The first kappa shape index (κ1) is 19.4. The van der Waals surface area contributed by atoms with Crippen LogP contribution in [0.5, 0.6) is 17.2 Å². The Bertz CT molecular complexity index is 643. The summed E-state index contributed by atoms with van der Waals surface area (Å²) < 4.78 is 15.8. The average molecular weight is 358 g/mol. The van der Waals surface area contributed by atoms with Gasteiger partial charge in [0.1, 0.15) is 47.2 Å². The molecular formula is C16H22O9. The molecule has 0 saturated carbocycles. The van der Waals surface area contributed by atoms with Gasteiger partial charge in [-0.15, -0.1) is 0 Å². The standard InChI is InChI=1S/C16H22O9/c1-6-8(4-9(23-3)11(7(2)18)12(6)19)24-16-15(22)14(21)13(20)10(5-17)25-16/h4,10,13-17,19-22H,5H2,1-3H3/t10-,13-,14-,15-,16-/m1/s1. The highest BCUT2D eigenvalue weighted by Gasteiger charge is 2.45. The molecule has 1 aromatic rings. The maximum Gasteiger partial charge on any atom is 0.229 e. The molecule has 0 aliphatic carbocycles. The lowest BCUT2D eigenvalue weighted by Crippen LogP contribution is -2.60. The third kappa shape index (κ3) is 3.55. The maximum atomic E-state index is 11.7. The summed E-state index contributed by atoms with van der Waals surface area (Å²) in [5.74, 6) is -0.637. The normalized spacial score (nSPS) is 29.3. The first-order chi connectivity index (χ1) is 11.7. The van der Waals surface area contributed by atoms with Crippen molar-refractivity contribution in [1.82, 2.24) is 0 Å². The van der Waals surface area contributed by atoms with Gasteiger partial charge in [-0.1, -0.05) is 0 Å². The zero-order valence-corrected chi connectivity index (χ0v) is 14.0. The van der Waals surface area contributed by atoms with Crippen LogP contribution in [0.15, 0.2) is 6.07 Å². The van der Waals surface area contributed by atoms with Crippen molar-refractivity contribution >= 4 is 5.78 Å². The number of aromatic hydroxyl groups is 1. The fourth-order valence-electron chi connectivity index (χ4n) is 2.63. The van der Waals surface area contributed by atoms with E-state index in [1.54, 1.807) is 0 Å². The van der Waals surface area contributed by atoms with Crippen molar-refractivity contribution in [1.29, 1.82) is 0 Å². The van der Waals surface area contributed by atoms with Crippen LogP contribution in [-0.2, 0) is 4.74 Å². The third-order valence-electron chi connectivity index (χ3n) is 4.13. The lowest BCUT2D eigenvalue weighted by molar-refractivity contribution is -0.277. The highest BCUT2D eigenvalue weighted by molar-refractivity contribution is 6.00. The van der Waals surface area contributed by atoms with E-state index in [-0.39, 0.29) is 28.4 Å². The molecule has 5 N–H and O–H groups in total. The zero-order chi connectivity index (χ0) is 18.9. The monoisotopic (exact) mass is 358 g/mol. The van der Waals surface area contributed by atoms with E-state index in [0.717, 1.165) is 0 Å². The van der Waals surface area contributed by atoms with Gasteiger partial charge in [-0.05, 0) is 13.8 Å². The van der Waals surface area contributed by atoms with Crippen molar-refractivity contribution < 1.29 is 44.5 Å². The van der Waals surface area contributed by atoms with Gasteiger partial charge in [-0.2, -0.15) is 0 Å². The Morgan fingerprint density at radius 2 is 1.84 bits per heavy atom. The molecule has 0 bridgehead atoms. The number of hydrogen-bond acceptors (Lipinski definition) is 9. The number of phenolic OH excluding ortho intramolecular Hbond substituents is 1. The van der Waals surface area contributed by atoms with Gasteiger partial charge in [0.05, 0.1) is 13.7 Å². The molecule has 0 radical (unpaired) electrons. The summed E-state index contributed by atoms with van der Waals surface area (Å²) in [7, 11) is 1.31. The van der Waals surface area contributed by atoms with Crippen LogP contribution in [0, 0.1) is 6.92 Å². The lowest BCUT2D eigenvalue weighted by Gasteiger charge is -2.39. The van der Waals surface area contributed by atoms with Crippen LogP contribution in [0.3, 0.4) is 0 Å². The van der Waals surface area contributed by atoms with Crippen LogP contribution in [0.4, 0.5) is 0 Å². The molecule has 1 heterocycles. The van der Waals surface area contributed by atoms with Crippen molar-refractivity contribution in [2.45, 2.75) is 44.6 Å². The molecule has 1 aliphatic rings. The van der Waals surface area contributed by atoms with Gasteiger partial charge in [-0.3, -0.25) is 4.79 Å². The van der Waals surface area contributed by atoms with Gasteiger partial charge >= 0.3 is 0 Å². The molecule has 25 heavy (non-hydrogen) atoms. The van der Waals surface area contributed by atoms with Crippen LogP contribution < -0.4 is 9.47 Å². The molecule has 9 heteroatoms. The number of benzene rings is 1. The number of rotatable bonds is 5. The number of aliphatic hydroxyl groups is 4. The Morgan fingerprint density at radius 3 is 2.36 bits per heavy atom. The van der Waals surface area contributed by atoms with Gasteiger partial charge < -0.3 is 39.7 Å². The number of Topliss-reactive ketones (excluding diaryl/α,β-unsaturated/α-hetero) is 1. The predicted molar refractivity (Wildman–Crippen MR) is 83.8 cm³/mol. The van der Waals surface area contributed by atoms with E-state index in [1.807, 2.05) is 0 Å². The molecule has 9 nitrogen and oxygen atoms in total. The minimum absolute atomic E-state index is 0.0128. The van der Waals surface area contributed by atoms with Crippen LogP contribution in [0.2, 0.25) is 0 Å². The van der Waals surface area contributed by atoms with Crippen LogP contribution in [0.1, 0.15) is 22.8 Å². The Balaban J connectivity index is 2.36. The van der Waals surface area contributed by atoms with Crippen molar-refractivity contribution in [3.05, 3.63) is 17.2 Å². The number of ether oxygens (including phenoxy) is 3. The maximum absolute atomic E-state index is 11.7. The smallest absolute Gasteiger partial charge is 0.229 e. The number of phenols is 1. The van der Waals surface area contributed by atoms with Crippen molar-refractivity contribution in [3.63, 3.8) is 0 Å². The lowest BCUT2D eigenvalue weighted by atomic mass is 9.99. The van der Waals surface area contributed by atoms with Gasteiger partial charge in [0, 0.05) is 11.6 Å². The molecule has 0 unspecified atom stereocenters. The topological polar surface area (TPSA) is 146 Å². The van der Waals surface area contributed by atoms with E-state index in [2.05, 4.69) is 0 Å². The zero-order valence-electron chi connectivity index (χ0n) is 14.0. The second-order valence-corrected chi connectivity index (χ2v) is 5.80. The molecule has 5 atom stereocenters. The Hall–Kier alpha value is -1.91. The molecule has 1 fully saturated rings. The second-order valence-electron chi connectivity index (χ2n) is 5.80. The van der Waals surface area contributed by atoms with Crippen molar-refractivity contribution in [2.75, 3.05) is 13.7 Å². The van der Waals surface area contributed by atoms with Gasteiger partial charge in [-0.25, -0.2) is 0 Å². The van der Waals surface area contributed by atoms with E-state index in [4.69, 9.17) is 14.2 Å². The van der Waals surface area contributed by atoms with E-state index in [9.17, 15) is 30.3 Å². The highest BCUT2D eigenvalue weighted by Crippen LogP contribution is 2.39. The Labute approximate surface area is 144 Å². The number of carbonyl (C=O) groups excluding carboxylic acids is 1. The number of aliphatic hydroxyl groups excluding tert-OH is 4. The largest absolute Gasteiger partial charge is 0.507 e. The van der Waals surface area contributed by atoms with Crippen molar-refractivity contribution in [2.24, 2.45) is 0 Å². The SMILES string of the molecule is COc1cc(O[C@@H]2O[C@H](CO)[C@@H](O)[C@@H](O)[C@H]2O)c(C)c(O)c1C(C)=O. The fraction of sp³-hybridized carbons (Fsp3) is 0.562. The van der Waals surface area contributed by atoms with E-state index >= 15 is 0 Å². The molecule has 0 aromatic heterocycles. The molecule has 1 aromatic carbocycles. The number of carbonyl (C=O) groups is 1. The molecule has 1 saturated heterocycles. The highest BCUT2D eigenvalue weighted by atomic mass is 16.7. The van der Waals surface area contributed by atoms with Crippen molar-refractivity contribution in [3.8, 4) is 17.2 Å². The number of methoxy groups -OCH3 is 1. The minimum atomic E-state index is -1.60. The molecule has 2 rings (SSSR count). The molecule has 0 amide bonds. The summed E-state index contributed by atoms with van der Waals surface area (Å²) in [5.41, 5.74) is 0.184.